The summed E-state index contributed by atoms with van der Waals surface area (Å²) < 4.78 is 117. The van der Waals surface area contributed by atoms with Crippen LogP contribution in [0.5, 0.6) is 28.9 Å². The Morgan fingerprint density at radius 1 is 0.591 bits per heavy atom. The number of azo groups is 3. The van der Waals surface area contributed by atoms with Crippen molar-refractivity contribution in [2.75, 3.05) is 21.3 Å². The van der Waals surface area contributed by atoms with Gasteiger partial charge in [-0.15, -0.1) is 25.6 Å². The van der Waals surface area contributed by atoms with Crippen LogP contribution in [0.2, 0.25) is 0 Å². The van der Waals surface area contributed by atoms with Gasteiger partial charge in [-0.1, -0.05) is 0 Å². The van der Waals surface area contributed by atoms with E-state index < -0.39 is 96.9 Å². The summed E-state index contributed by atoms with van der Waals surface area (Å²) in [4.78, 5) is 22.3. The van der Waals surface area contributed by atoms with E-state index in [9.17, 15) is 68.9 Å². The summed E-state index contributed by atoms with van der Waals surface area (Å²) in [6, 6.07) is 11.7. The molecule has 0 aliphatic heterocycles. The molecule has 0 radical (unpaired) electrons. The second kappa shape index (κ2) is 17.9. The van der Waals surface area contributed by atoms with E-state index in [4.69, 9.17) is 14.2 Å². The number of aromatic carboxylic acids is 2. The van der Waals surface area contributed by atoms with Gasteiger partial charge in [0.05, 0.1) is 38.3 Å². The van der Waals surface area contributed by atoms with E-state index >= 15 is 0 Å². The molecule has 1 heterocycles. The van der Waals surface area contributed by atoms with Crippen LogP contribution in [-0.2, 0) is 30.4 Å². The summed E-state index contributed by atoms with van der Waals surface area (Å²) >= 11 is 0. The zero-order valence-corrected chi connectivity index (χ0v) is 36.2. The van der Waals surface area contributed by atoms with Crippen molar-refractivity contribution >= 4 is 87.2 Å². The molecule has 26 nitrogen and oxygen atoms in total. The first-order chi connectivity index (χ1) is 30.9. The third kappa shape index (κ3) is 9.59. The van der Waals surface area contributed by atoms with Crippen LogP contribution in [0.1, 0.15) is 26.4 Å². The van der Waals surface area contributed by atoms with Gasteiger partial charge in [0, 0.05) is 23.6 Å². The molecule has 1 aromatic heterocycles. The Bertz CT molecular complexity index is 3460. The number of carboxylic acids is 2. The molecule has 0 aliphatic rings. The van der Waals surface area contributed by atoms with E-state index in [-0.39, 0.29) is 56.3 Å². The quantitative estimate of drug-likeness (QED) is 0.0396. The van der Waals surface area contributed by atoms with Crippen molar-refractivity contribution in [2.45, 2.75) is 21.6 Å². The lowest BCUT2D eigenvalue weighted by Crippen LogP contribution is -2.02. The number of aryl methyl sites for hydroxylation is 1. The molecule has 0 spiro atoms. The first kappa shape index (κ1) is 47.5. The minimum absolute atomic E-state index is 0.00999. The smallest absolute Gasteiger partial charge is 0.358 e. The highest BCUT2D eigenvalue weighted by Crippen LogP contribution is 2.44. The highest BCUT2D eigenvalue weighted by Gasteiger charge is 2.27. The Labute approximate surface area is 370 Å². The number of hydrogen-bond acceptors (Lipinski definition) is 20. The van der Waals surface area contributed by atoms with Crippen LogP contribution in [-0.4, -0.2) is 102 Å². The fraction of sp³-hybridized carbons (Fsp3) is 0.108. The SMILES string of the molecule is COc1cc(S(=O)(=O)O)c(OC)cc1/N=N/c1ccc(/N=N/c2c(S(=O)(=O)O)cc3cc(-n4nc(C(=O)O)c(/N=N/c5cc(C)c(S(=O)(=O)O)cc5OC)c4O)ccc3c2O)c(C(=O)O)c1. The molecule has 0 aliphatic carbocycles. The van der Waals surface area contributed by atoms with Gasteiger partial charge in [-0.05, 0) is 66.4 Å². The number of fused-ring (bicyclic) bond motifs is 1. The maximum atomic E-state index is 12.6. The van der Waals surface area contributed by atoms with Gasteiger partial charge >= 0.3 is 11.9 Å². The second-order valence-corrected chi connectivity index (χ2v) is 17.4. The summed E-state index contributed by atoms with van der Waals surface area (Å²) in [6.07, 6.45) is 0. The topological polar surface area (TPSA) is 398 Å². The Morgan fingerprint density at radius 2 is 1.15 bits per heavy atom. The lowest BCUT2D eigenvalue weighted by Gasteiger charge is -2.11. The number of rotatable bonds is 15. The van der Waals surface area contributed by atoms with Gasteiger partial charge in [0.2, 0.25) is 11.6 Å². The normalized spacial score (nSPS) is 12.4. The highest BCUT2D eigenvalue weighted by molar-refractivity contribution is 7.86. The highest BCUT2D eigenvalue weighted by atomic mass is 32.2. The number of benzene rings is 5. The largest absolute Gasteiger partial charge is 0.505 e. The molecule has 344 valence electrons. The molecule has 0 unspecified atom stereocenters. The molecule has 66 heavy (non-hydrogen) atoms. The van der Waals surface area contributed by atoms with Gasteiger partial charge in [-0.2, -0.15) is 40.1 Å². The van der Waals surface area contributed by atoms with Crippen molar-refractivity contribution < 1.29 is 83.1 Å². The van der Waals surface area contributed by atoms with Gasteiger partial charge in [0.1, 0.15) is 54.7 Å². The Morgan fingerprint density at radius 3 is 1.73 bits per heavy atom. The number of methoxy groups -OCH3 is 3. The number of nitrogens with zero attached hydrogens (tertiary/aromatic N) is 8. The number of aromatic hydroxyl groups is 2. The van der Waals surface area contributed by atoms with Crippen LogP contribution in [0.15, 0.2) is 112 Å². The third-order valence-corrected chi connectivity index (χ3v) is 11.8. The minimum Gasteiger partial charge on any atom is -0.505 e. The monoisotopic (exact) mass is 970 g/mol. The van der Waals surface area contributed by atoms with E-state index in [1.54, 1.807) is 0 Å². The summed E-state index contributed by atoms with van der Waals surface area (Å²) in [7, 11) is -11.2. The molecule has 29 heteroatoms. The molecule has 0 saturated heterocycles. The fourth-order valence-electron chi connectivity index (χ4n) is 6.05. The zero-order valence-electron chi connectivity index (χ0n) is 33.8. The third-order valence-electron chi connectivity index (χ3n) is 9.09. The van der Waals surface area contributed by atoms with Gasteiger partial charge in [-0.25, -0.2) is 9.59 Å². The molecular weight excluding hydrogens is 941 g/mol. The van der Waals surface area contributed by atoms with Gasteiger partial charge < -0.3 is 34.6 Å². The lowest BCUT2D eigenvalue weighted by molar-refractivity contribution is 0.0683. The van der Waals surface area contributed by atoms with Crippen LogP contribution in [0.3, 0.4) is 0 Å². The van der Waals surface area contributed by atoms with Crippen LogP contribution in [0.4, 0.5) is 34.1 Å². The van der Waals surface area contributed by atoms with Crippen molar-refractivity contribution in [1.82, 2.24) is 9.78 Å². The predicted octanol–water partition coefficient (Wildman–Crippen LogP) is 7.15. The molecule has 0 saturated carbocycles. The summed E-state index contributed by atoms with van der Waals surface area (Å²) in [5.41, 5.74) is -3.86. The minimum atomic E-state index is -5.25. The molecule has 0 amide bonds. The molecule has 0 bridgehead atoms. The maximum absolute atomic E-state index is 12.6. The number of hydrogen-bond donors (Lipinski definition) is 7. The Hall–Kier alpha value is -7.96. The molecule has 0 fully saturated rings. The van der Waals surface area contributed by atoms with Crippen molar-refractivity contribution in [1.29, 1.82) is 0 Å². The number of phenols is 1. The van der Waals surface area contributed by atoms with E-state index in [1.165, 1.54) is 32.2 Å². The van der Waals surface area contributed by atoms with Crippen LogP contribution in [0, 0.1) is 6.92 Å². The van der Waals surface area contributed by atoms with E-state index in [2.05, 4.69) is 35.8 Å². The molecule has 0 atom stereocenters. The average Bonchev–Trinajstić information content (AvgIpc) is 3.58. The van der Waals surface area contributed by atoms with Crippen LogP contribution in [0.25, 0.3) is 16.5 Å². The molecule has 6 rings (SSSR count). The second-order valence-electron chi connectivity index (χ2n) is 13.2. The Kier molecular flexibility index (Phi) is 12.9. The van der Waals surface area contributed by atoms with Gasteiger partial charge in [0.25, 0.3) is 30.4 Å². The van der Waals surface area contributed by atoms with Gasteiger partial charge in [-0.3, -0.25) is 13.7 Å². The average molecular weight is 971 g/mol. The summed E-state index contributed by atoms with van der Waals surface area (Å²) in [5, 5.41) is 68.9. The van der Waals surface area contributed by atoms with E-state index in [0.717, 1.165) is 62.8 Å². The maximum Gasteiger partial charge on any atom is 0.358 e. The molecule has 7 N–H and O–H groups in total. The summed E-state index contributed by atoms with van der Waals surface area (Å²) in [5.74, 6) is -5.77. The van der Waals surface area contributed by atoms with E-state index in [0.29, 0.717) is 4.68 Å². The Balaban J connectivity index is 1.38. The lowest BCUT2D eigenvalue weighted by atomic mass is 10.1. The first-order valence-corrected chi connectivity index (χ1v) is 22.0. The molecule has 5 aromatic carbocycles. The first-order valence-electron chi connectivity index (χ1n) is 17.7. The predicted molar refractivity (Wildman–Crippen MR) is 224 cm³/mol. The summed E-state index contributed by atoms with van der Waals surface area (Å²) in [6.45, 7) is 1.32. The van der Waals surface area contributed by atoms with Crippen molar-refractivity contribution in [3.63, 3.8) is 0 Å². The standard InChI is InChI=1S/C37H30N8O18S3/c1-16-9-23(25(61-2)14-28(16)64(52,53)54)41-43-32-33(37(50)51)44-45(35(32)47)19-6-7-20-17(10-19)11-30(66(58,59)60)31(34(20)46)42-39-22-8-5-18(12-21(22)36(48)49)38-40-24-13-27(63-4)29(65(55,56)57)15-26(24)62-3/h5-15,46-47H,1-4H3,(H,48,49)(H,50,51)(H,52,53,54)(H,55,56,57)(H,58,59,60)/b40-38+,42-39+,43-41+. The fourth-order valence-corrected chi connectivity index (χ4v) is 8.08. The van der Waals surface area contributed by atoms with Crippen LogP contribution < -0.4 is 14.2 Å². The van der Waals surface area contributed by atoms with Crippen LogP contribution >= 0.6 is 0 Å². The van der Waals surface area contributed by atoms with Crippen molar-refractivity contribution in [3.8, 4) is 34.6 Å². The molecular formula is C37H30N8O18S3. The number of phenolic OH excluding ortho intramolecular Hbond substituents is 1. The van der Waals surface area contributed by atoms with E-state index in [1.807, 2.05) is 0 Å². The zero-order chi connectivity index (χ0) is 48.6. The number of aromatic nitrogens is 2. The van der Waals surface area contributed by atoms with Crippen molar-refractivity contribution in [3.05, 3.63) is 83.6 Å². The molecule has 6 aromatic rings. The van der Waals surface area contributed by atoms with Crippen molar-refractivity contribution in [2.24, 2.45) is 30.7 Å². The number of carboxylic acid groups (broad SMARTS) is 2. The van der Waals surface area contributed by atoms with Gasteiger partial charge in [0.15, 0.2) is 11.4 Å². The number of carbonyl (C=O) groups is 2. The number of ether oxygens (including phenoxy) is 3.